The molecule has 1 aromatic heterocycles. The van der Waals surface area contributed by atoms with E-state index in [0.717, 1.165) is 11.1 Å². The van der Waals surface area contributed by atoms with Gasteiger partial charge in [-0.2, -0.15) is 0 Å². The van der Waals surface area contributed by atoms with Gasteiger partial charge in [-0.05, 0) is 74.0 Å². The van der Waals surface area contributed by atoms with Crippen LogP contribution >= 0.6 is 0 Å². The first-order chi connectivity index (χ1) is 17.6. The minimum absolute atomic E-state index is 0.0474. The first-order valence-corrected chi connectivity index (χ1v) is 10.9. The molecule has 0 aliphatic heterocycles. The Bertz CT molecular complexity index is 1430. The molecule has 0 unspecified atom stereocenters. The molecular formula is C25H22F3N7O2. The molecule has 0 bridgehead atoms. The summed E-state index contributed by atoms with van der Waals surface area (Å²) in [6, 6.07) is 17.1. The summed E-state index contributed by atoms with van der Waals surface area (Å²) in [5.41, 5.74) is 10.2. The summed E-state index contributed by atoms with van der Waals surface area (Å²) in [5, 5.41) is 9.49. The number of nitrogens with two attached hydrogens (primary N) is 1. The van der Waals surface area contributed by atoms with Crippen LogP contribution in [0.15, 0.2) is 78.0 Å². The summed E-state index contributed by atoms with van der Waals surface area (Å²) in [5.74, 6) is 0.00675. The lowest BCUT2D eigenvalue weighted by Gasteiger charge is -2.09. The van der Waals surface area contributed by atoms with Gasteiger partial charge in [-0.25, -0.2) is 19.5 Å². The third-order valence-corrected chi connectivity index (χ3v) is 5.06. The van der Waals surface area contributed by atoms with Crippen LogP contribution in [-0.4, -0.2) is 33.1 Å². The average molecular weight is 509 g/mol. The molecular weight excluding hydrogens is 487 g/mol. The smallest absolute Gasteiger partial charge is 0.406 e. The Balaban J connectivity index is 1.37. The van der Waals surface area contributed by atoms with E-state index in [1.807, 2.05) is 32.0 Å². The average Bonchev–Trinajstić information content (AvgIpc) is 3.31. The second kappa shape index (κ2) is 10.4. The summed E-state index contributed by atoms with van der Waals surface area (Å²) in [7, 11) is 0. The molecule has 0 fully saturated rings. The van der Waals surface area contributed by atoms with Crippen molar-refractivity contribution in [1.82, 2.24) is 20.1 Å². The van der Waals surface area contributed by atoms with Crippen molar-refractivity contribution in [1.29, 1.82) is 0 Å². The molecule has 37 heavy (non-hydrogen) atoms. The third kappa shape index (κ3) is 6.84. The number of hydrogen-bond acceptors (Lipinski definition) is 5. The number of halogens is 3. The van der Waals surface area contributed by atoms with Gasteiger partial charge in [-0.3, -0.25) is 5.32 Å². The number of urea groups is 1. The van der Waals surface area contributed by atoms with Crippen LogP contribution in [0.25, 0.3) is 17.1 Å². The largest absolute Gasteiger partial charge is 0.573 e. The first-order valence-electron chi connectivity index (χ1n) is 10.9. The molecule has 0 spiro atoms. The number of aryl methyl sites for hydroxylation is 2. The van der Waals surface area contributed by atoms with E-state index in [1.165, 1.54) is 35.3 Å². The number of nitrogens with one attached hydrogen (secondary N) is 2. The molecule has 4 aromatic rings. The molecule has 0 saturated carbocycles. The van der Waals surface area contributed by atoms with E-state index < -0.39 is 12.4 Å². The molecule has 9 nitrogen and oxygen atoms in total. The van der Waals surface area contributed by atoms with Crippen molar-refractivity contribution in [2.75, 3.05) is 5.32 Å². The zero-order chi connectivity index (χ0) is 26.6. The monoisotopic (exact) mass is 509 g/mol. The minimum atomic E-state index is -4.76. The van der Waals surface area contributed by atoms with E-state index in [2.05, 4.69) is 30.4 Å². The molecule has 4 N–H and O–H groups in total. The molecule has 0 saturated heterocycles. The Labute approximate surface area is 209 Å². The lowest BCUT2D eigenvalue weighted by molar-refractivity contribution is -0.274. The van der Waals surface area contributed by atoms with E-state index in [-0.39, 0.29) is 11.7 Å². The van der Waals surface area contributed by atoms with E-state index >= 15 is 0 Å². The Kier molecular flexibility index (Phi) is 7.09. The zero-order valence-corrected chi connectivity index (χ0v) is 19.7. The van der Waals surface area contributed by atoms with Crippen LogP contribution < -0.4 is 21.1 Å². The number of amides is 2. The van der Waals surface area contributed by atoms with Crippen molar-refractivity contribution in [3.63, 3.8) is 0 Å². The van der Waals surface area contributed by atoms with Gasteiger partial charge in [0.25, 0.3) is 0 Å². The van der Waals surface area contributed by atoms with Crippen molar-refractivity contribution in [2.24, 2.45) is 10.7 Å². The van der Waals surface area contributed by atoms with Gasteiger partial charge < -0.3 is 15.8 Å². The first kappa shape index (κ1) is 25.2. The highest BCUT2D eigenvalue weighted by molar-refractivity contribution is 6.02. The van der Waals surface area contributed by atoms with Crippen molar-refractivity contribution in [3.05, 3.63) is 84.2 Å². The Hall–Kier alpha value is -4.87. The SMILES string of the molecule is Cc1ccc(N=C(N)NC(=O)Nc2ccc(-c3ncn(-c4ccc(OC(F)(F)F)cc4)n3)cc2)c(C)c1. The molecule has 3 aromatic carbocycles. The molecule has 0 atom stereocenters. The summed E-state index contributed by atoms with van der Waals surface area (Å²) >= 11 is 0. The fraction of sp³-hybridized carbons (Fsp3) is 0.120. The van der Waals surface area contributed by atoms with Crippen molar-refractivity contribution in [3.8, 4) is 22.8 Å². The van der Waals surface area contributed by atoms with Gasteiger partial charge in [0.1, 0.15) is 12.1 Å². The van der Waals surface area contributed by atoms with E-state index in [4.69, 9.17) is 5.73 Å². The third-order valence-electron chi connectivity index (χ3n) is 5.06. The predicted octanol–water partition coefficient (Wildman–Crippen LogP) is 5.22. The van der Waals surface area contributed by atoms with Crippen molar-refractivity contribution < 1.29 is 22.7 Å². The molecule has 12 heteroatoms. The van der Waals surface area contributed by atoms with Gasteiger partial charge in [0.2, 0.25) is 5.96 Å². The number of alkyl halides is 3. The Morgan fingerprint density at radius 2 is 1.73 bits per heavy atom. The summed E-state index contributed by atoms with van der Waals surface area (Å²) in [4.78, 5) is 20.8. The molecule has 0 radical (unpaired) electrons. The maximum absolute atomic E-state index is 12.3. The van der Waals surface area contributed by atoms with Crippen molar-refractivity contribution in [2.45, 2.75) is 20.2 Å². The standard InChI is InChI=1S/C25H22F3N7O2/c1-15-3-12-21(16(2)13-15)32-23(29)33-24(36)31-18-6-4-17(5-7-18)22-30-14-35(34-22)19-8-10-20(11-9-19)37-25(26,27)28/h3-14H,1-2H3,(H4,29,31,32,33,36). The number of rotatable bonds is 5. The number of aromatic nitrogens is 3. The van der Waals surface area contributed by atoms with Gasteiger partial charge in [-0.1, -0.05) is 17.7 Å². The maximum atomic E-state index is 12.3. The number of benzene rings is 3. The van der Waals surface area contributed by atoms with E-state index in [1.54, 1.807) is 24.3 Å². The second-order valence-corrected chi connectivity index (χ2v) is 8.00. The molecule has 1 heterocycles. The van der Waals surface area contributed by atoms with Crippen LogP contribution in [0.3, 0.4) is 0 Å². The summed E-state index contributed by atoms with van der Waals surface area (Å²) in [6.07, 6.45) is -3.32. The number of aliphatic imine (C=N–C) groups is 1. The lowest BCUT2D eigenvalue weighted by Crippen LogP contribution is -2.39. The molecule has 4 rings (SSSR count). The quantitative estimate of drug-likeness (QED) is 0.252. The van der Waals surface area contributed by atoms with Gasteiger partial charge in [0.15, 0.2) is 5.82 Å². The topological polar surface area (TPSA) is 119 Å². The zero-order valence-electron chi connectivity index (χ0n) is 19.7. The van der Waals surface area contributed by atoms with Gasteiger partial charge in [0, 0.05) is 11.3 Å². The maximum Gasteiger partial charge on any atom is 0.573 e. The van der Waals surface area contributed by atoms with Gasteiger partial charge in [-0.15, -0.1) is 18.3 Å². The van der Waals surface area contributed by atoms with Crippen LogP contribution in [-0.2, 0) is 0 Å². The molecule has 2 amide bonds. The summed E-state index contributed by atoms with van der Waals surface area (Å²) in [6.45, 7) is 3.88. The van der Waals surface area contributed by atoms with Crippen molar-refractivity contribution >= 4 is 23.4 Å². The normalized spacial score (nSPS) is 11.8. The number of nitrogens with zero attached hydrogens (tertiary/aromatic N) is 4. The Morgan fingerprint density at radius 1 is 1.03 bits per heavy atom. The molecule has 0 aliphatic carbocycles. The number of ether oxygens (including phenoxy) is 1. The van der Waals surface area contributed by atoms with Gasteiger partial charge in [0.05, 0.1) is 11.4 Å². The van der Waals surface area contributed by atoms with Crippen LogP contribution in [0, 0.1) is 13.8 Å². The van der Waals surface area contributed by atoms with E-state index in [9.17, 15) is 18.0 Å². The number of anilines is 1. The number of guanidine groups is 1. The van der Waals surface area contributed by atoms with Gasteiger partial charge >= 0.3 is 12.4 Å². The minimum Gasteiger partial charge on any atom is -0.406 e. The lowest BCUT2D eigenvalue weighted by atomic mass is 10.1. The summed E-state index contributed by atoms with van der Waals surface area (Å²) < 4.78 is 42.3. The van der Waals surface area contributed by atoms with Crippen LogP contribution in [0.5, 0.6) is 5.75 Å². The highest BCUT2D eigenvalue weighted by Crippen LogP contribution is 2.24. The van der Waals surface area contributed by atoms with Crippen LogP contribution in [0.2, 0.25) is 0 Å². The number of carbonyl (C=O) groups excluding carboxylic acids is 1. The predicted molar refractivity (Wildman–Crippen MR) is 133 cm³/mol. The molecule has 190 valence electrons. The number of hydrogen-bond donors (Lipinski definition) is 3. The van der Waals surface area contributed by atoms with Crippen LogP contribution in [0.1, 0.15) is 11.1 Å². The van der Waals surface area contributed by atoms with Crippen LogP contribution in [0.4, 0.5) is 29.3 Å². The fourth-order valence-electron chi connectivity index (χ4n) is 3.39. The highest BCUT2D eigenvalue weighted by atomic mass is 19.4. The highest BCUT2D eigenvalue weighted by Gasteiger charge is 2.31. The second-order valence-electron chi connectivity index (χ2n) is 8.00. The number of carbonyl (C=O) groups is 1. The fourth-order valence-corrected chi connectivity index (χ4v) is 3.39. The Morgan fingerprint density at radius 3 is 2.38 bits per heavy atom. The molecule has 0 aliphatic rings. The van der Waals surface area contributed by atoms with E-state index in [0.29, 0.717) is 28.5 Å².